The molecule has 118 valence electrons. The summed E-state index contributed by atoms with van der Waals surface area (Å²) in [5.41, 5.74) is 2.07. The summed E-state index contributed by atoms with van der Waals surface area (Å²) in [7, 11) is 0. The maximum absolute atomic E-state index is 13.3. The molecule has 0 N–H and O–H groups in total. The molecule has 4 rings (SSSR count). The molecule has 5 heteroatoms. The van der Waals surface area contributed by atoms with Crippen molar-refractivity contribution in [3.8, 4) is 0 Å². The highest BCUT2D eigenvalue weighted by Crippen LogP contribution is 2.48. The Kier molecular flexibility index (Phi) is 3.81. The average molecular weight is 327 g/mol. The molecule has 2 aliphatic heterocycles. The zero-order valence-electron chi connectivity index (χ0n) is 12.9. The third-order valence-corrected chi connectivity index (χ3v) is 5.67. The Hall–Kier alpha value is -1.88. The maximum Gasteiger partial charge on any atom is 0.160 e. The lowest BCUT2D eigenvalue weighted by Gasteiger charge is -2.31. The van der Waals surface area contributed by atoms with Gasteiger partial charge in [-0.15, -0.1) is 0 Å². The molecule has 2 aliphatic rings. The first-order valence-electron chi connectivity index (χ1n) is 7.93. The topological polar surface area (TPSA) is 28.5 Å². The fourth-order valence-electron chi connectivity index (χ4n) is 3.37. The number of fused-ring (bicyclic) bond motifs is 1. The molecule has 23 heavy (non-hydrogen) atoms. The van der Waals surface area contributed by atoms with Gasteiger partial charge < -0.3 is 4.90 Å². The molecule has 0 amide bonds. The predicted octanol–water partition coefficient (Wildman–Crippen LogP) is 4.20. The summed E-state index contributed by atoms with van der Waals surface area (Å²) in [6.45, 7) is 2.21. The second-order valence-corrected chi connectivity index (χ2v) is 6.88. The summed E-state index contributed by atoms with van der Waals surface area (Å²) < 4.78 is 13.3. The Bertz CT molecular complexity index is 717. The van der Waals surface area contributed by atoms with E-state index in [9.17, 15) is 4.39 Å². The molecule has 3 heterocycles. The van der Waals surface area contributed by atoms with Crippen LogP contribution >= 0.6 is 11.8 Å². The van der Waals surface area contributed by atoms with Gasteiger partial charge in [-0.1, -0.05) is 36.9 Å². The van der Waals surface area contributed by atoms with Gasteiger partial charge in [0.2, 0.25) is 0 Å². The fraction of sp³-hybridized carbons (Fsp3) is 0.333. The predicted molar refractivity (Wildman–Crippen MR) is 91.9 cm³/mol. The number of amidine groups is 1. The van der Waals surface area contributed by atoms with E-state index in [1.165, 1.54) is 12.1 Å². The molecule has 0 radical (unpaired) electrons. The van der Waals surface area contributed by atoms with Gasteiger partial charge in [0.05, 0.1) is 11.7 Å². The quantitative estimate of drug-likeness (QED) is 0.846. The summed E-state index contributed by atoms with van der Waals surface area (Å²) in [6, 6.07) is 13.3. The first-order chi connectivity index (χ1) is 11.3. The average Bonchev–Trinajstić information content (AvgIpc) is 3.15. The molecule has 0 saturated carbocycles. The summed E-state index contributed by atoms with van der Waals surface area (Å²) in [4.78, 5) is 11.9. The van der Waals surface area contributed by atoms with Crippen molar-refractivity contribution in [1.82, 2.24) is 9.88 Å². The van der Waals surface area contributed by atoms with Crippen LogP contribution in [0, 0.1) is 5.82 Å². The van der Waals surface area contributed by atoms with Crippen molar-refractivity contribution >= 4 is 16.9 Å². The van der Waals surface area contributed by atoms with Gasteiger partial charge in [-0.3, -0.25) is 9.98 Å². The minimum absolute atomic E-state index is 0.0292. The van der Waals surface area contributed by atoms with Crippen LogP contribution in [-0.2, 0) is 0 Å². The molecule has 0 unspecified atom stereocenters. The van der Waals surface area contributed by atoms with Crippen LogP contribution in [0.25, 0.3) is 0 Å². The normalized spacial score (nSPS) is 26.3. The van der Waals surface area contributed by atoms with Crippen LogP contribution < -0.4 is 0 Å². The lowest BCUT2D eigenvalue weighted by atomic mass is 9.95. The number of rotatable bonds is 3. The molecule has 2 aromatic rings. The first kappa shape index (κ1) is 14.7. The second kappa shape index (κ2) is 5.96. The number of pyridine rings is 1. The molecule has 0 bridgehead atoms. The monoisotopic (exact) mass is 327 g/mol. The summed E-state index contributed by atoms with van der Waals surface area (Å²) >= 11 is 1.82. The van der Waals surface area contributed by atoms with E-state index in [1.54, 1.807) is 0 Å². The van der Waals surface area contributed by atoms with Crippen molar-refractivity contribution in [3.63, 3.8) is 0 Å². The van der Waals surface area contributed by atoms with Gasteiger partial charge in [0.25, 0.3) is 0 Å². The number of thioether (sulfide) groups is 1. The molecule has 3 nitrogen and oxygen atoms in total. The minimum Gasteiger partial charge on any atom is -0.338 e. The summed E-state index contributed by atoms with van der Waals surface area (Å²) in [5.74, 6) is 0.868. The number of nitrogens with zero attached hydrogens (tertiary/aromatic N) is 3. The summed E-state index contributed by atoms with van der Waals surface area (Å²) in [5, 5.41) is 1.10. The number of halogens is 1. The van der Waals surface area contributed by atoms with E-state index in [1.807, 2.05) is 48.3 Å². The fourth-order valence-corrected chi connectivity index (χ4v) is 4.71. The second-order valence-electron chi connectivity index (χ2n) is 5.89. The Labute approximate surface area is 139 Å². The van der Waals surface area contributed by atoms with Gasteiger partial charge in [-0.25, -0.2) is 4.39 Å². The molecular weight excluding hydrogens is 309 g/mol. The van der Waals surface area contributed by atoms with E-state index >= 15 is 0 Å². The van der Waals surface area contributed by atoms with Gasteiger partial charge in [-0.05, 0) is 36.2 Å². The Morgan fingerprint density at radius 3 is 2.74 bits per heavy atom. The molecule has 0 aliphatic carbocycles. The highest BCUT2D eigenvalue weighted by atomic mass is 32.2. The SMILES string of the molecule is CC[C@@H]1CSC2=N[C@H](c3ccccn3)[C@H](c3ccc(F)cc3)N21. The number of hydrogen-bond acceptors (Lipinski definition) is 4. The highest BCUT2D eigenvalue weighted by Gasteiger charge is 2.45. The standard InChI is InChI=1S/C18H18FN3S/c1-2-14-11-23-18-21-16(15-5-3-4-10-20-15)17(22(14)18)12-6-8-13(19)9-7-12/h3-10,14,16-17H,2,11H2,1H3/t14-,16-,17+/m1/s1. The van der Waals surface area contributed by atoms with Crippen molar-refractivity contribution in [2.45, 2.75) is 31.5 Å². The molecule has 1 aromatic carbocycles. The van der Waals surface area contributed by atoms with Gasteiger partial charge >= 0.3 is 0 Å². The van der Waals surface area contributed by atoms with E-state index in [0.717, 1.165) is 28.6 Å². The Morgan fingerprint density at radius 2 is 2.04 bits per heavy atom. The van der Waals surface area contributed by atoms with Crippen LogP contribution in [-0.4, -0.2) is 26.8 Å². The van der Waals surface area contributed by atoms with Crippen LogP contribution in [0.5, 0.6) is 0 Å². The molecular formula is C18H18FN3S. The number of benzene rings is 1. The van der Waals surface area contributed by atoms with Crippen molar-refractivity contribution in [2.24, 2.45) is 4.99 Å². The number of hydrogen-bond donors (Lipinski definition) is 0. The van der Waals surface area contributed by atoms with Crippen LogP contribution in [0.2, 0.25) is 0 Å². The molecule has 1 saturated heterocycles. The van der Waals surface area contributed by atoms with E-state index in [-0.39, 0.29) is 17.9 Å². The van der Waals surface area contributed by atoms with Crippen molar-refractivity contribution in [3.05, 3.63) is 65.7 Å². The van der Waals surface area contributed by atoms with E-state index in [2.05, 4.69) is 16.8 Å². The lowest BCUT2D eigenvalue weighted by molar-refractivity contribution is 0.255. The molecule has 0 spiro atoms. The van der Waals surface area contributed by atoms with Gasteiger partial charge in [-0.2, -0.15) is 0 Å². The highest BCUT2D eigenvalue weighted by molar-refractivity contribution is 8.14. The Balaban J connectivity index is 1.78. The van der Waals surface area contributed by atoms with Crippen molar-refractivity contribution in [2.75, 3.05) is 5.75 Å². The van der Waals surface area contributed by atoms with Gasteiger partial charge in [0.15, 0.2) is 5.17 Å². The van der Waals surface area contributed by atoms with Crippen LogP contribution in [0.4, 0.5) is 4.39 Å². The van der Waals surface area contributed by atoms with Crippen LogP contribution in [0.3, 0.4) is 0 Å². The minimum atomic E-state index is -0.204. The Morgan fingerprint density at radius 1 is 1.22 bits per heavy atom. The first-order valence-corrected chi connectivity index (χ1v) is 8.92. The zero-order valence-corrected chi connectivity index (χ0v) is 13.7. The molecule has 3 atom stereocenters. The lowest BCUT2D eigenvalue weighted by Crippen LogP contribution is -2.35. The van der Waals surface area contributed by atoms with Crippen LogP contribution in [0.1, 0.15) is 36.7 Å². The maximum atomic E-state index is 13.3. The molecule has 1 aromatic heterocycles. The number of aromatic nitrogens is 1. The summed E-state index contributed by atoms with van der Waals surface area (Å²) in [6.07, 6.45) is 2.89. The van der Waals surface area contributed by atoms with Crippen molar-refractivity contribution < 1.29 is 4.39 Å². The third kappa shape index (κ3) is 2.53. The van der Waals surface area contributed by atoms with E-state index < -0.39 is 0 Å². The van der Waals surface area contributed by atoms with Gasteiger partial charge in [0.1, 0.15) is 11.9 Å². The smallest absolute Gasteiger partial charge is 0.160 e. The van der Waals surface area contributed by atoms with Crippen LogP contribution in [0.15, 0.2) is 53.7 Å². The van der Waals surface area contributed by atoms with E-state index in [0.29, 0.717) is 6.04 Å². The number of aliphatic imine (C=N–C) groups is 1. The zero-order chi connectivity index (χ0) is 15.8. The largest absolute Gasteiger partial charge is 0.338 e. The van der Waals surface area contributed by atoms with Crippen molar-refractivity contribution in [1.29, 1.82) is 0 Å². The van der Waals surface area contributed by atoms with E-state index in [4.69, 9.17) is 4.99 Å². The third-order valence-electron chi connectivity index (χ3n) is 4.54. The molecule has 1 fully saturated rings. The van der Waals surface area contributed by atoms with Gasteiger partial charge in [0, 0.05) is 18.0 Å².